The molecule has 0 aliphatic heterocycles. The minimum absolute atomic E-state index is 0.108. The van der Waals surface area contributed by atoms with Gasteiger partial charge in [-0.2, -0.15) is 0 Å². The smallest absolute Gasteiger partial charge is 0.309 e. The first-order chi connectivity index (χ1) is 11.5. The third kappa shape index (κ3) is 4.94. The fraction of sp³-hybridized carbons (Fsp3) is 0.389. The molecule has 2 rings (SSSR count). The summed E-state index contributed by atoms with van der Waals surface area (Å²) in [5, 5.41) is 2.64. The number of allylic oxidation sites excluding steroid dienone is 2. The lowest BCUT2D eigenvalue weighted by molar-refractivity contribution is -0.151. The molecule has 1 aliphatic carbocycles. The second kappa shape index (κ2) is 8.29. The number of nitrogens with zero attached hydrogens (tertiary/aromatic N) is 1. The molecule has 0 aromatic heterocycles. The Balaban J connectivity index is 1.80. The first-order valence-corrected chi connectivity index (χ1v) is 7.90. The Morgan fingerprint density at radius 1 is 1.17 bits per heavy atom. The summed E-state index contributed by atoms with van der Waals surface area (Å²) in [4.78, 5) is 37.0. The Bertz CT molecular complexity index is 635. The number of hydrogen-bond acceptors (Lipinski definition) is 4. The highest BCUT2D eigenvalue weighted by Gasteiger charge is 2.21. The van der Waals surface area contributed by atoms with E-state index in [0.717, 1.165) is 12.8 Å². The Labute approximate surface area is 141 Å². The van der Waals surface area contributed by atoms with Crippen molar-refractivity contribution in [3.8, 4) is 0 Å². The molecule has 1 N–H and O–H groups in total. The van der Waals surface area contributed by atoms with Crippen LogP contribution in [0.1, 0.15) is 29.6 Å². The second-order valence-corrected chi connectivity index (χ2v) is 5.91. The van der Waals surface area contributed by atoms with Gasteiger partial charge < -0.3 is 15.0 Å². The van der Waals surface area contributed by atoms with Gasteiger partial charge in [0, 0.05) is 25.3 Å². The van der Waals surface area contributed by atoms with Crippen LogP contribution in [0.3, 0.4) is 0 Å². The quantitative estimate of drug-likeness (QED) is 0.663. The van der Waals surface area contributed by atoms with Crippen molar-refractivity contribution in [2.24, 2.45) is 5.92 Å². The zero-order valence-corrected chi connectivity index (χ0v) is 14.0. The summed E-state index contributed by atoms with van der Waals surface area (Å²) in [6, 6.07) is 6.56. The van der Waals surface area contributed by atoms with Gasteiger partial charge in [0.25, 0.3) is 11.8 Å². The average Bonchev–Trinajstić information content (AvgIpc) is 2.60. The summed E-state index contributed by atoms with van der Waals surface area (Å²) >= 11 is 0. The first kappa shape index (κ1) is 17.7. The molecule has 1 aliphatic rings. The van der Waals surface area contributed by atoms with Gasteiger partial charge in [0.15, 0.2) is 6.61 Å². The summed E-state index contributed by atoms with van der Waals surface area (Å²) in [6.07, 6.45) is 6.30. The van der Waals surface area contributed by atoms with Crippen molar-refractivity contribution in [2.75, 3.05) is 26.0 Å². The van der Waals surface area contributed by atoms with Crippen LogP contribution >= 0.6 is 0 Å². The van der Waals surface area contributed by atoms with Crippen LogP contribution in [0, 0.1) is 5.92 Å². The fourth-order valence-corrected chi connectivity index (χ4v) is 2.41. The average molecular weight is 330 g/mol. The van der Waals surface area contributed by atoms with Crippen LogP contribution in [0.4, 0.5) is 5.69 Å². The Morgan fingerprint density at radius 2 is 1.88 bits per heavy atom. The highest BCUT2D eigenvalue weighted by molar-refractivity contribution is 5.96. The molecule has 6 nitrogen and oxygen atoms in total. The largest absolute Gasteiger partial charge is 0.455 e. The van der Waals surface area contributed by atoms with Gasteiger partial charge >= 0.3 is 5.97 Å². The van der Waals surface area contributed by atoms with Crippen LogP contribution in [0.15, 0.2) is 36.4 Å². The summed E-state index contributed by atoms with van der Waals surface area (Å²) < 4.78 is 5.06. The van der Waals surface area contributed by atoms with Gasteiger partial charge in [-0.05, 0) is 43.5 Å². The number of rotatable bonds is 5. The van der Waals surface area contributed by atoms with Gasteiger partial charge in [-0.15, -0.1) is 0 Å². The van der Waals surface area contributed by atoms with Gasteiger partial charge in [-0.25, -0.2) is 0 Å². The third-order valence-electron chi connectivity index (χ3n) is 3.77. The normalized spacial score (nSPS) is 16.3. The molecule has 1 aromatic carbocycles. The van der Waals surface area contributed by atoms with Gasteiger partial charge in [-0.1, -0.05) is 12.2 Å². The van der Waals surface area contributed by atoms with Crippen molar-refractivity contribution in [1.29, 1.82) is 0 Å². The molecule has 0 radical (unpaired) electrons. The van der Waals surface area contributed by atoms with Gasteiger partial charge in [-0.3, -0.25) is 14.4 Å². The number of anilines is 1. The van der Waals surface area contributed by atoms with E-state index >= 15 is 0 Å². The van der Waals surface area contributed by atoms with Crippen LogP contribution in [0.5, 0.6) is 0 Å². The first-order valence-electron chi connectivity index (χ1n) is 7.90. The van der Waals surface area contributed by atoms with Crippen molar-refractivity contribution in [2.45, 2.75) is 19.3 Å². The van der Waals surface area contributed by atoms with Crippen molar-refractivity contribution in [3.05, 3.63) is 42.0 Å². The van der Waals surface area contributed by atoms with Crippen molar-refractivity contribution in [3.63, 3.8) is 0 Å². The SMILES string of the molecule is CN(C)C(=O)c1ccc(NC(=O)COC(=O)[C@@H]2CC=CCC2)cc1. The Hall–Kier alpha value is -2.63. The van der Waals surface area contributed by atoms with E-state index in [0.29, 0.717) is 17.7 Å². The molecular formula is C18H22N2O4. The van der Waals surface area contributed by atoms with Crippen LogP contribution in [0.25, 0.3) is 0 Å². The highest BCUT2D eigenvalue weighted by atomic mass is 16.5. The summed E-state index contributed by atoms with van der Waals surface area (Å²) in [5.41, 5.74) is 1.08. The number of ether oxygens (including phenoxy) is 1. The zero-order valence-electron chi connectivity index (χ0n) is 14.0. The molecule has 0 bridgehead atoms. The van der Waals surface area contributed by atoms with Gasteiger partial charge in [0.2, 0.25) is 0 Å². The van der Waals surface area contributed by atoms with Crippen LogP contribution < -0.4 is 5.32 Å². The van der Waals surface area contributed by atoms with E-state index in [1.54, 1.807) is 38.4 Å². The lowest BCUT2D eigenvalue weighted by Gasteiger charge is -2.16. The lowest BCUT2D eigenvalue weighted by Crippen LogP contribution is -2.25. The van der Waals surface area contributed by atoms with E-state index in [1.165, 1.54) is 4.90 Å². The molecule has 0 unspecified atom stereocenters. The van der Waals surface area contributed by atoms with Crippen molar-refractivity contribution < 1.29 is 19.1 Å². The number of benzene rings is 1. The summed E-state index contributed by atoms with van der Waals surface area (Å²) in [5.74, 6) is -0.995. The van der Waals surface area contributed by atoms with Crippen molar-refractivity contribution in [1.82, 2.24) is 4.90 Å². The maximum Gasteiger partial charge on any atom is 0.309 e. The lowest BCUT2D eigenvalue weighted by atomic mass is 9.95. The molecule has 1 aromatic rings. The van der Waals surface area contributed by atoms with Gasteiger partial charge in [0.05, 0.1) is 5.92 Å². The molecule has 0 saturated carbocycles. The van der Waals surface area contributed by atoms with Crippen molar-refractivity contribution >= 4 is 23.5 Å². The standard InChI is InChI=1S/C18H22N2O4/c1-20(2)17(22)13-8-10-15(11-9-13)19-16(21)12-24-18(23)14-6-4-3-5-7-14/h3-4,8-11,14H,5-7,12H2,1-2H3,(H,19,21)/t14-/m1/s1. The van der Waals surface area contributed by atoms with E-state index in [2.05, 4.69) is 5.32 Å². The number of hydrogen-bond donors (Lipinski definition) is 1. The molecular weight excluding hydrogens is 308 g/mol. The molecule has 1 atom stereocenters. The predicted molar refractivity (Wildman–Crippen MR) is 90.5 cm³/mol. The third-order valence-corrected chi connectivity index (χ3v) is 3.77. The summed E-state index contributed by atoms with van der Waals surface area (Å²) in [7, 11) is 3.35. The minimum Gasteiger partial charge on any atom is -0.455 e. The number of esters is 1. The molecule has 0 saturated heterocycles. The number of carbonyl (C=O) groups excluding carboxylic acids is 3. The molecule has 24 heavy (non-hydrogen) atoms. The molecule has 0 heterocycles. The Kier molecular flexibility index (Phi) is 6.12. The topological polar surface area (TPSA) is 75.7 Å². The molecule has 2 amide bonds. The van der Waals surface area contributed by atoms with E-state index in [4.69, 9.17) is 4.74 Å². The van der Waals surface area contributed by atoms with Gasteiger partial charge in [0.1, 0.15) is 0 Å². The summed E-state index contributed by atoms with van der Waals surface area (Å²) in [6.45, 7) is -0.308. The monoisotopic (exact) mass is 330 g/mol. The highest BCUT2D eigenvalue weighted by Crippen LogP contribution is 2.19. The number of carbonyl (C=O) groups is 3. The molecule has 6 heteroatoms. The van der Waals surface area contributed by atoms with E-state index in [1.807, 2.05) is 12.2 Å². The molecule has 0 spiro atoms. The molecule has 0 fully saturated rings. The van der Waals surface area contributed by atoms with Crippen LogP contribution in [0.2, 0.25) is 0 Å². The zero-order chi connectivity index (χ0) is 17.5. The number of nitrogens with one attached hydrogen (secondary N) is 1. The maximum atomic E-state index is 11.9. The second-order valence-electron chi connectivity index (χ2n) is 5.91. The fourth-order valence-electron chi connectivity index (χ4n) is 2.41. The Morgan fingerprint density at radius 3 is 2.46 bits per heavy atom. The minimum atomic E-state index is -0.401. The maximum absolute atomic E-state index is 11.9. The van der Waals surface area contributed by atoms with E-state index in [-0.39, 0.29) is 24.4 Å². The van der Waals surface area contributed by atoms with Crippen LogP contribution in [-0.2, 0) is 14.3 Å². The number of amides is 2. The molecule has 128 valence electrons. The van der Waals surface area contributed by atoms with Crippen LogP contribution in [-0.4, -0.2) is 43.4 Å². The predicted octanol–water partition coefficient (Wildman–Crippen LogP) is 2.23. The van der Waals surface area contributed by atoms with E-state index in [9.17, 15) is 14.4 Å². The van der Waals surface area contributed by atoms with E-state index < -0.39 is 5.91 Å².